The number of carbonyl (C=O) groups excluding carboxylic acids is 1. The Kier molecular flexibility index (Phi) is 4.84. The maximum Gasteiger partial charge on any atom is 0.254 e. The van der Waals surface area contributed by atoms with Crippen LogP contribution in [-0.2, 0) is 0 Å². The molecule has 0 unspecified atom stereocenters. The number of hydrogen-bond donors (Lipinski definition) is 0. The van der Waals surface area contributed by atoms with Crippen LogP contribution in [0.5, 0.6) is 0 Å². The minimum atomic E-state index is 0.102. The van der Waals surface area contributed by atoms with Crippen LogP contribution < -0.4 is 0 Å². The van der Waals surface area contributed by atoms with E-state index in [0.717, 1.165) is 34.3 Å². The van der Waals surface area contributed by atoms with E-state index in [0.29, 0.717) is 5.92 Å². The molecule has 0 bridgehead atoms. The van der Waals surface area contributed by atoms with E-state index in [-0.39, 0.29) is 11.9 Å². The molecule has 2 rings (SSSR count). The normalized spacial score (nSPS) is 11.5. The van der Waals surface area contributed by atoms with E-state index in [1.54, 1.807) is 0 Å². The highest BCUT2D eigenvalue weighted by molar-refractivity contribution is 6.06. The number of aryl methyl sites for hydroxylation is 2. The first-order valence-electron chi connectivity index (χ1n) is 7.98. The number of nitrogens with zero attached hydrogens (tertiary/aromatic N) is 2. The largest absolute Gasteiger partial charge is 0.336 e. The topological polar surface area (TPSA) is 33.2 Å². The van der Waals surface area contributed by atoms with Crippen LogP contribution in [0.2, 0.25) is 0 Å². The highest BCUT2D eigenvalue weighted by atomic mass is 16.2. The zero-order chi connectivity index (χ0) is 16.4. The molecule has 0 radical (unpaired) electrons. The van der Waals surface area contributed by atoms with Gasteiger partial charge in [-0.3, -0.25) is 9.78 Å². The van der Waals surface area contributed by atoms with Crippen molar-refractivity contribution in [2.24, 2.45) is 5.92 Å². The van der Waals surface area contributed by atoms with E-state index in [2.05, 4.69) is 38.7 Å². The van der Waals surface area contributed by atoms with Crippen molar-refractivity contribution in [3.8, 4) is 0 Å². The number of fused-ring (bicyclic) bond motifs is 1. The van der Waals surface area contributed by atoms with E-state index in [9.17, 15) is 4.79 Å². The zero-order valence-corrected chi connectivity index (χ0v) is 14.5. The number of benzene rings is 1. The molecular weight excluding hydrogens is 272 g/mol. The van der Waals surface area contributed by atoms with Gasteiger partial charge in [0.1, 0.15) is 0 Å². The summed E-state index contributed by atoms with van der Waals surface area (Å²) in [6, 6.07) is 8.19. The van der Waals surface area contributed by atoms with Gasteiger partial charge < -0.3 is 4.90 Å². The Morgan fingerprint density at radius 1 is 1.14 bits per heavy atom. The summed E-state index contributed by atoms with van der Waals surface area (Å²) >= 11 is 0. The summed E-state index contributed by atoms with van der Waals surface area (Å²) in [6.07, 6.45) is 0. The smallest absolute Gasteiger partial charge is 0.254 e. The van der Waals surface area contributed by atoms with Gasteiger partial charge in [-0.2, -0.15) is 0 Å². The van der Waals surface area contributed by atoms with Crippen molar-refractivity contribution >= 4 is 16.8 Å². The molecular formula is C19H26N2O. The second kappa shape index (κ2) is 6.47. The zero-order valence-electron chi connectivity index (χ0n) is 14.5. The van der Waals surface area contributed by atoms with Gasteiger partial charge in [0, 0.05) is 23.7 Å². The van der Waals surface area contributed by atoms with Gasteiger partial charge in [0.2, 0.25) is 0 Å². The van der Waals surface area contributed by atoms with Gasteiger partial charge in [-0.05, 0) is 51.8 Å². The average Bonchev–Trinajstić information content (AvgIpc) is 2.43. The Morgan fingerprint density at radius 3 is 2.41 bits per heavy atom. The van der Waals surface area contributed by atoms with Crippen LogP contribution >= 0.6 is 0 Å². The molecule has 1 heterocycles. The number of pyridine rings is 1. The van der Waals surface area contributed by atoms with E-state index < -0.39 is 0 Å². The molecule has 0 atom stereocenters. The van der Waals surface area contributed by atoms with Gasteiger partial charge in [0.05, 0.1) is 11.1 Å². The summed E-state index contributed by atoms with van der Waals surface area (Å²) in [4.78, 5) is 19.6. The van der Waals surface area contributed by atoms with Crippen LogP contribution in [-0.4, -0.2) is 28.4 Å². The van der Waals surface area contributed by atoms with Crippen molar-refractivity contribution in [1.82, 2.24) is 9.88 Å². The molecule has 118 valence electrons. The maximum absolute atomic E-state index is 13.1. The lowest BCUT2D eigenvalue weighted by molar-refractivity contribution is 0.0684. The van der Waals surface area contributed by atoms with Crippen molar-refractivity contribution in [3.63, 3.8) is 0 Å². The van der Waals surface area contributed by atoms with Crippen LogP contribution in [0, 0.1) is 19.8 Å². The van der Waals surface area contributed by atoms with Crippen molar-refractivity contribution in [3.05, 3.63) is 41.1 Å². The molecule has 0 aliphatic heterocycles. The third kappa shape index (κ3) is 3.46. The van der Waals surface area contributed by atoms with Crippen LogP contribution in [0.25, 0.3) is 10.9 Å². The molecule has 0 N–H and O–H groups in total. The molecule has 0 spiro atoms. The lowest BCUT2D eigenvalue weighted by Crippen LogP contribution is -2.39. The predicted molar refractivity (Wildman–Crippen MR) is 92.2 cm³/mol. The van der Waals surface area contributed by atoms with Gasteiger partial charge in [0.25, 0.3) is 5.91 Å². The highest BCUT2D eigenvalue weighted by Crippen LogP contribution is 2.22. The lowest BCUT2D eigenvalue weighted by Gasteiger charge is -2.29. The van der Waals surface area contributed by atoms with Gasteiger partial charge in [-0.1, -0.05) is 25.5 Å². The van der Waals surface area contributed by atoms with Crippen molar-refractivity contribution in [2.75, 3.05) is 6.54 Å². The Hall–Kier alpha value is -1.90. The van der Waals surface area contributed by atoms with Crippen molar-refractivity contribution < 1.29 is 4.79 Å². The Bertz CT molecular complexity index is 689. The third-order valence-corrected chi connectivity index (χ3v) is 3.77. The summed E-state index contributed by atoms with van der Waals surface area (Å²) in [6.45, 7) is 13.2. The summed E-state index contributed by atoms with van der Waals surface area (Å²) in [5, 5.41) is 0.949. The molecule has 0 fully saturated rings. The standard InChI is InChI=1S/C19H26N2O/c1-12(2)11-21(13(3)4)19(22)17-10-15(6)20-18-8-7-14(5)9-16(17)18/h7-10,12-13H,11H2,1-6H3. The minimum Gasteiger partial charge on any atom is -0.336 e. The third-order valence-electron chi connectivity index (χ3n) is 3.77. The first-order valence-corrected chi connectivity index (χ1v) is 7.98. The first kappa shape index (κ1) is 16.5. The molecule has 1 amide bonds. The maximum atomic E-state index is 13.1. The minimum absolute atomic E-state index is 0.102. The molecule has 1 aromatic heterocycles. The van der Waals surface area contributed by atoms with Gasteiger partial charge in [0.15, 0.2) is 0 Å². The van der Waals surface area contributed by atoms with E-state index >= 15 is 0 Å². The number of hydrogen-bond acceptors (Lipinski definition) is 2. The van der Waals surface area contributed by atoms with Crippen LogP contribution in [0.3, 0.4) is 0 Å². The molecule has 0 saturated heterocycles. The van der Waals surface area contributed by atoms with Crippen molar-refractivity contribution in [1.29, 1.82) is 0 Å². The molecule has 0 aliphatic carbocycles. The van der Waals surface area contributed by atoms with Crippen LogP contribution in [0.4, 0.5) is 0 Å². The molecule has 0 saturated carbocycles. The van der Waals surface area contributed by atoms with E-state index in [4.69, 9.17) is 0 Å². The monoisotopic (exact) mass is 298 g/mol. The Balaban J connectivity index is 2.56. The van der Waals surface area contributed by atoms with Gasteiger partial charge >= 0.3 is 0 Å². The summed E-state index contributed by atoms with van der Waals surface area (Å²) in [5.74, 6) is 0.548. The number of aromatic nitrogens is 1. The van der Waals surface area contributed by atoms with Crippen LogP contribution in [0.1, 0.15) is 49.3 Å². The fourth-order valence-electron chi connectivity index (χ4n) is 2.73. The van der Waals surface area contributed by atoms with Crippen LogP contribution in [0.15, 0.2) is 24.3 Å². The fraction of sp³-hybridized carbons (Fsp3) is 0.474. The first-order chi connectivity index (χ1) is 10.3. The molecule has 22 heavy (non-hydrogen) atoms. The van der Waals surface area contributed by atoms with Gasteiger partial charge in [-0.25, -0.2) is 0 Å². The molecule has 0 aliphatic rings. The SMILES string of the molecule is Cc1ccc2nc(C)cc(C(=O)N(CC(C)C)C(C)C)c2c1. The van der Waals surface area contributed by atoms with E-state index in [1.807, 2.05) is 36.9 Å². The second-order valence-electron chi connectivity index (χ2n) is 6.78. The Labute approximate surface area is 133 Å². The number of carbonyl (C=O) groups is 1. The lowest BCUT2D eigenvalue weighted by atomic mass is 10.0. The second-order valence-corrected chi connectivity index (χ2v) is 6.78. The molecule has 3 nitrogen and oxygen atoms in total. The summed E-state index contributed by atoms with van der Waals surface area (Å²) in [7, 11) is 0. The highest BCUT2D eigenvalue weighted by Gasteiger charge is 2.22. The predicted octanol–water partition coefficient (Wildman–Crippen LogP) is 4.36. The average molecular weight is 298 g/mol. The number of amides is 1. The summed E-state index contributed by atoms with van der Waals surface area (Å²) < 4.78 is 0. The molecule has 2 aromatic rings. The Morgan fingerprint density at radius 2 is 1.82 bits per heavy atom. The molecule has 3 heteroatoms. The van der Waals surface area contributed by atoms with Gasteiger partial charge in [-0.15, -0.1) is 0 Å². The van der Waals surface area contributed by atoms with E-state index in [1.165, 1.54) is 0 Å². The summed E-state index contributed by atoms with van der Waals surface area (Å²) in [5.41, 5.74) is 3.68. The quantitative estimate of drug-likeness (QED) is 0.840. The van der Waals surface area contributed by atoms with Crippen molar-refractivity contribution in [2.45, 2.75) is 47.6 Å². The fourth-order valence-corrected chi connectivity index (χ4v) is 2.73. The number of rotatable bonds is 4. The molecule has 1 aromatic carbocycles.